The summed E-state index contributed by atoms with van der Waals surface area (Å²) in [5.41, 5.74) is 2.61. The maximum Gasteiger partial charge on any atom is 0.294 e. The summed E-state index contributed by atoms with van der Waals surface area (Å²) in [6.07, 6.45) is 0. The topological polar surface area (TPSA) is 90.4 Å². The number of ether oxygens (including phenoxy) is 1. The van der Waals surface area contributed by atoms with Gasteiger partial charge >= 0.3 is 0 Å². The van der Waals surface area contributed by atoms with Crippen LogP contribution in [0.1, 0.15) is 5.56 Å². The minimum atomic E-state index is -0.765. The first-order chi connectivity index (χ1) is 9.99. The molecule has 0 bridgehead atoms. The molecule has 110 valence electrons. The molecular weight excluding hydrogens is 284 g/mol. The molecule has 0 saturated carbocycles. The Labute approximate surface area is 118 Å². The first-order valence-corrected chi connectivity index (χ1v) is 5.82. The molecule has 2 aromatic carbocycles. The van der Waals surface area contributed by atoms with Gasteiger partial charge in [-0.05, 0) is 11.6 Å². The van der Waals surface area contributed by atoms with Gasteiger partial charge in [-0.3, -0.25) is 16.0 Å². The fraction of sp³-hybridized carbons (Fsp3) is 0.0769. The average molecular weight is 295 g/mol. The van der Waals surface area contributed by atoms with E-state index in [1.54, 1.807) is 6.07 Å². The van der Waals surface area contributed by atoms with Crippen molar-refractivity contribution in [3.05, 3.63) is 63.7 Å². The molecule has 0 aliphatic heterocycles. The fourth-order valence-corrected chi connectivity index (χ4v) is 1.72. The molecule has 0 fully saturated rings. The van der Waals surface area contributed by atoms with Crippen LogP contribution >= 0.6 is 0 Å². The Morgan fingerprint density at radius 3 is 2.43 bits per heavy atom. The summed E-state index contributed by atoms with van der Waals surface area (Å²) in [6, 6.07) is 7.01. The SMILES string of the molecule is NNc1ccc(COc2cc(F)cc(F)c2)cc1[N+](=O)[O-]. The molecule has 2 rings (SSSR count). The third-order valence-corrected chi connectivity index (χ3v) is 2.66. The number of hydrogen-bond acceptors (Lipinski definition) is 5. The Morgan fingerprint density at radius 1 is 1.19 bits per heavy atom. The van der Waals surface area contributed by atoms with Crippen molar-refractivity contribution in [2.24, 2.45) is 5.84 Å². The Hall–Kier alpha value is -2.74. The summed E-state index contributed by atoms with van der Waals surface area (Å²) in [6.45, 7) is -0.0748. The van der Waals surface area contributed by atoms with E-state index in [1.807, 2.05) is 0 Å². The molecule has 0 aromatic heterocycles. The molecule has 0 saturated heterocycles. The summed E-state index contributed by atoms with van der Waals surface area (Å²) in [5, 5.41) is 10.9. The zero-order chi connectivity index (χ0) is 15.4. The number of hydrogen-bond donors (Lipinski definition) is 2. The molecule has 21 heavy (non-hydrogen) atoms. The molecule has 0 atom stereocenters. The van der Waals surface area contributed by atoms with E-state index in [0.29, 0.717) is 5.56 Å². The zero-order valence-corrected chi connectivity index (χ0v) is 10.7. The summed E-state index contributed by atoms with van der Waals surface area (Å²) < 4.78 is 31.2. The van der Waals surface area contributed by atoms with Crippen molar-refractivity contribution in [3.63, 3.8) is 0 Å². The van der Waals surface area contributed by atoms with Crippen molar-refractivity contribution in [1.82, 2.24) is 0 Å². The van der Waals surface area contributed by atoms with Crippen LogP contribution in [-0.4, -0.2) is 4.92 Å². The number of nitrogens with two attached hydrogens (primary N) is 1. The van der Waals surface area contributed by atoms with Gasteiger partial charge in [0.2, 0.25) is 0 Å². The lowest BCUT2D eigenvalue weighted by molar-refractivity contribution is -0.384. The molecule has 0 unspecified atom stereocenters. The van der Waals surface area contributed by atoms with E-state index in [4.69, 9.17) is 10.6 Å². The minimum absolute atomic E-state index is 0.00354. The van der Waals surface area contributed by atoms with Gasteiger partial charge in [-0.15, -0.1) is 0 Å². The minimum Gasteiger partial charge on any atom is -0.489 e. The molecule has 0 amide bonds. The third-order valence-electron chi connectivity index (χ3n) is 2.66. The van der Waals surface area contributed by atoms with Crippen LogP contribution in [0.2, 0.25) is 0 Å². The van der Waals surface area contributed by atoms with Crippen LogP contribution in [0.25, 0.3) is 0 Å². The average Bonchev–Trinajstić information content (AvgIpc) is 2.43. The number of nitrogen functional groups attached to an aromatic ring is 1. The standard InChI is InChI=1S/C13H11F2N3O3/c14-9-4-10(15)6-11(5-9)21-7-8-1-2-12(17-16)13(3-8)18(19)20/h1-6,17H,7,16H2. The summed E-state index contributed by atoms with van der Waals surface area (Å²) in [7, 11) is 0. The van der Waals surface area contributed by atoms with Gasteiger partial charge in [0.25, 0.3) is 5.69 Å². The molecule has 0 aliphatic rings. The van der Waals surface area contributed by atoms with E-state index in [2.05, 4.69) is 5.43 Å². The smallest absolute Gasteiger partial charge is 0.294 e. The second kappa shape index (κ2) is 6.14. The van der Waals surface area contributed by atoms with E-state index in [9.17, 15) is 18.9 Å². The Bertz CT molecular complexity index is 659. The van der Waals surface area contributed by atoms with Gasteiger partial charge in [0.15, 0.2) is 0 Å². The molecule has 2 aromatic rings. The molecule has 0 aliphatic carbocycles. The lowest BCUT2D eigenvalue weighted by atomic mass is 10.2. The summed E-state index contributed by atoms with van der Waals surface area (Å²) in [4.78, 5) is 10.3. The number of anilines is 1. The number of hydrazine groups is 1. The van der Waals surface area contributed by atoms with Gasteiger partial charge in [0.1, 0.15) is 29.7 Å². The number of nitrogens with zero attached hydrogens (tertiary/aromatic N) is 1. The van der Waals surface area contributed by atoms with Gasteiger partial charge in [0.05, 0.1) is 4.92 Å². The predicted octanol–water partition coefficient (Wildman–Crippen LogP) is 2.74. The quantitative estimate of drug-likeness (QED) is 0.503. The molecule has 8 heteroatoms. The van der Waals surface area contributed by atoms with Gasteiger partial charge in [-0.25, -0.2) is 8.78 Å². The third kappa shape index (κ3) is 3.63. The fourth-order valence-electron chi connectivity index (χ4n) is 1.72. The van der Waals surface area contributed by atoms with Crippen LogP contribution in [0.3, 0.4) is 0 Å². The van der Waals surface area contributed by atoms with Crippen LogP contribution in [-0.2, 0) is 6.61 Å². The first-order valence-electron chi connectivity index (χ1n) is 5.82. The van der Waals surface area contributed by atoms with Crippen molar-refractivity contribution in [2.75, 3.05) is 5.43 Å². The van der Waals surface area contributed by atoms with E-state index in [0.717, 1.165) is 18.2 Å². The number of rotatable bonds is 5. The van der Waals surface area contributed by atoms with Crippen LogP contribution in [0.4, 0.5) is 20.2 Å². The van der Waals surface area contributed by atoms with E-state index >= 15 is 0 Å². The summed E-state index contributed by atoms with van der Waals surface area (Å²) >= 11 is 0. The van der Waals surface area contributed by atoms with Crippen molar-refractivity contribution in [2.45, 2.75) is 6.61 Å². The second-order valence-electron chi connectivity index (χ2n) is 4.15. The Morgan fingerprint density at radius 2 is 1.86 bits per heavy atom. The molecule has 0 spiro atoms. The zero-order valence-electron chi connectivity index (χ0n) is 10.7. The second-order valence-corrected chi connectivity index (χ2v) is 4.15. The van der Waals surface area contributed by atoms with Crippen molar-refractivity contribution in [1.29, 1.82) is 0 Å². The Balaban J connectivity index is 2.16. The van der Waals surface area contributed by atoms with Crippen LogP contribution in [0.5, 0.6) is 5.75 Å². The predicted molar refractivity (Wildman–Crippen MR) is 71.6 cm³/mol. The number of nitro benzene ring substituents is 1. The molecule has 6 nitrogen and oxygen atoms in total. The lowest BCUT2D eigenvalue weighted by Gasteiger charge is -2.08. The highest BCUT2D eigenvalue weighted by Crippen LogP contribution is 2.25. The van der Waals surface area contributed by atoms with Crippen molar-refractivity contribution in [3.8, 4) is 5.75 Å². The van der Waals surface area contributed by atoms with E-state index < -0.39 is 16.6 Å². The number of nitrogens with one attached hydrogen (secondary N) is 1. The maximum absolute atomic E-state index is 13.0. The molecule has 3 N–H and O–H groups in total. The van der Waals surface area contributed by atoms with Gasteiger partial charge in [0, 0.05) is 24.3 Å². The largest absolute Gasteiger partial charge is 0.489 e. The Kier molecular flexibility index (Phi) is 4.29. The molecular formula is C13H11F2N3O3. The number of benzene rings is 2. The van der Waals surface area contributed by atoms with Gasteiger partial charge < -0.3 is 10.2 Å². The highest BCUT2D eigenvalue weighted by Gasteiger charge is 2.14. The normalized spacial score (nSPS) is 10.2. The summed E-state index contributed by atoms with van der Waals surface area (Å²) in [5.74, 6) is 3.63. The number of halogens is 2. The monoisotopic (exact) mass is 295 g/mol. The maximum atomic E-state index is 13.0. The lowest BCUT2D eigenvalue weighted by Crippen LogP contribution is -2.09. The highest BCUT2D eigenvalue weighted by molar-refractivity contribution is 5.61. The number of nitro groups is 1. The van der Waals surface area contributed by atoms with E-state index in [-0.39, 0.29) is 23.7 Å². The molecule has 0 radical (unpaired) electrons. The van der Waals surface area contributed by atoms with Gasteiger partial charge in [-0.1, -0.05) is 6.07 Å². The molecule has 0 heterocycles. The van der Waals surface area contributed by atoms with Crippen LogP contribution < -0.4 is 16.0 Å². The van der Waals surface area contributed by atoms with E-state index in [1.165, 1.54) is 12.1 Å². The first kappa shape index (κ1) is 14.7. The van der Waals surface area contributed by atoms with Crippen molar-refractivity contribution < 1.29 is 18.4 Å². The highest BCUT2D eigenvalue weighted by atomic mass is 19.1. The van der Waals surface area contributed by atoms with Crippen molar-refractivity contribution >= 4 is 11.4 Å². The van der Waals surface area contributed by atoms with Crippen LogP contribution in [0, 0.1) is 21.7 Å². The van der Waals surface area contributed by atoms with Crippen LogP contribution in [0.15, 0.2) is 36.4 Å². The van der Waals surface area contributed by atoms with Gasteiger partial charge in [-0.2, -0.15) is 0 Å².